The average Bonchev–Trinajstić information content (AvgIpc) is 3.40. The zero-order valence-electron chi connectivity index (χ0n) is 17.4. The molecule has 5 aromatic rings. The fourth-order valence-corrected chi connectivity index (χ4v) is 3.42. The summed E-state index contributed by atoms with van der Waals surface area (Å²) < 4.78 is 29.9. The van der Waals surface area contributed by atoms with Crippen LogP contribution in [0.25, 0.3) is 16.9 Å². The van der Waals surface area contributed by atoms with Gasteiger partial charge in [-0.2, -0.15) is 0 Å². The number of aromatic nitrogens is 4. The van der Waals surface area contributed by atoms with E-state index in [0.717, 1.165) is 12.1 Å². The summed E-state index contributed by atoms with van der Waals surface area (Å²) >= 11 is 0. The van der Waals surface area contributed by atoms with Gasteiger partial charge in [0.05, 0.1) is 28.5 Å². The third kappa shape index (κ3) is 4.02. The van der Waals surface area contributed by atoms with E-state index < -0.39 is 23.3 Å². The average molecular weight is 455 g/mol. The number of fused-ring (bicyclic) bond motifs is 1. The molecule has 0 saturated carbocycles. The maximum absolute atomic E-state index is 15.2. The molecule has 0 aliphatic heterocycles. The van der Waals surface area contributed by atoms with E-state index in [-0.39, 0.29) is 22.4 Å². The van der Waals surface area contributed by atoms with Crippen molar-refractivity contribution < 1.29 is 18.4 Å². The zero-order chi connectivity index (χ0) is 23.7. The van der Waals surface area contributed by atoms with E-state index in [1.54, 1.807) is 41.6 Å². The molecule has 0 bridgehead atoms. The lowest BCUT2D eigenvalue weighted by atomic mass is 10.0. The van der Waals surface area contributed by atoms with Crippen molar-refractivity contribution in [1.29, 1.82) is 0 Å². The summed E-state index contributed by atoms with van der Waals surface area (Å²) in [4.78, 5) is 38.3. The molecule has 5 rings (SSSR count). The first-order valence-electron chi connectivity index (χ1n) is 10.1. The molecule has 1 N–H and O–H groups in total. The van der Waals surface area contributed by atoms with E-state index in [1.165, 1.54) is 36.4 Å². The third-order valence-corrected chi connectivity index (χ3v) is 5.16. The van der Waals surface area contributed by atoms with Crippen molar-refractivity contribution in [2.24, 2.45) is 0 Å². The van der Waals surface area contributed by atoms with Gasteiger partial charge in [-0.15, -0.1) is 0 Å². The molecule has 0 atom stereocenters. The summed E-state index contributed by atoms with van der Waals surface area (Å²) in [6.07, 6.45) is 6.48. The number of rotatable bonds is 5. The Morgan fingerprint density at radius 2 is 1.71 bits per heavy atom. The quantitative estimate of drug-likeness (QED) is 0.392. The Labute approximate surface area is 191 Å². The highest BCUT2D eigenvalue weighted by atomic mass is 19.1. The number of nitrogens with zero attached hydrogens (tertiary/aromatic N) is 4. The maximum Gasteiger partial charge on any atom is 0.255 e. The lowest BCUT2D eigenvalue weighted by Gasteiger charge is -2.10. The highest BCUT2D eigenvalue weighted by Crippen LogP contribution is 2.23. The molecule has 0 spiro atoms. The number of hydrogen-bond donors (Lipinski definition) is 1. The van der Waals surface area contributed by atoms with Crippen molar-refractivity contribution in [3.05, 3.63) is 114 Å². The van der Waals surface area contributed by atoms with Crippen LogP contribution < -0.4 is 5.32 Å². The van der Waals surface area contributed by atoms with Crippen LogP contribution in [-0.4, -0.2) is 31.2 Å². The topological polar surface area (TPSA) is 89.8 Å². The predicted octanol–water partition coefficient (Wildman–Crippen LogP) is 4.58. The molecule has 7 nitrogen and oxygen atoms in total. The summed E-state index contributed by atoms with van der Waals surface area (Å²) in [5.74, 6) is -2.05. The number of anilines is 1. The SMILES string of the molecule is O=C(Nc1cccc(C(=O)c2ccc3ncc(-n4ccnc4)nc3c2)c1F)c1ccc(F)cc1. The van der Waals surface area contributed by atoms with Crippen molar-refractivity contribution >= 4 is 28.4 Å². The second-order valence-electron chi connectivity index (χ2n) is 7.36. The van der Waals surface area contributed by atoms with Crippen molar-refractivity contribution in [3.63, 3.8) is 0 Å². The van der Waals surface area contributed by atoms with Gasteiger partial charge >= 0.3 is 0 Å². The number of carbonyl (C=O) groups excluding carboxylic acids is 2. The van der Waals surface area contributed by atoms with Crippen LogP contribution >= 0.6 is 0 Å². The highest BCUT2D eigenvalue weighted by molar-refractivity contribution is 6.11. The van der Waals surface area contributed by atoms with Gasteiger partial charge in [0.25, 0.3) is 5.91 Å². The molecule has 0 saturated heterocycles. The number of carbonyl (C=O) groups is 2. The first kappa shape index (κ1) is 21.1. The number of hydrogen-bond acceptors (Lipinski definition) is 5. The highest BCUT2D eigenvalue weighted by Gasteiger charge is 2.19. The number of ketones is 1. The Balaban J connectivity index is 1.45. The maximum atomic E-state index is 15.2. The molecule has 0 aliphatic carbocycles. The van der Waals surface area contributed by atoms with Gasteiger partial charge in [-0.1, -0.05) is 6.07 Å². The third-order valence-electron chi connectivity index (χ3n) is 5.16. The van der Waals surface area contributed by atoms with E-state index in [0.29, 0.717) is 16.9 Å². The van der Waals surface area contributed by atoms with E-state index in [9.17, 15) is 14.0 Å². The standard InChI is InChI=1S/C25H15F2N5O2/c26-17-7-4-15(5-8-17)25(34)31-20-3-1-2-18(23(20)27)24(33)16-6-9-19-21(12-16)30-22(13-29-19)32-11-10-28-14-32/h1-14H,(H,31,34). The monoisotopic (exact) mass is 455 g/mol. The van der Waals surface area contributed by atoms with Crippen molar-refractivity contribution in [1.82, 2.24) is 19.5 Å². The molecule has 3 aromatic carbocycles. The number of halogens is 2. The number of benzene rings is 3. The molecule has 34 heavy (non-hydrogen) atoms. The first-order valence-corrected chi connectivity index (χ1v) is 10.1. The van der Waals surface area contributed by atoms with Crippen LogP contribution in [0, 0.1) is 11.6 Å². The van der Waals surface area contributed by atoms with Gasteiger partial charge in [0.2, 0.25) is 0 Å². The summed E-state index contributed by atoms with van der Waals surface area (Å²) in [5, 5.41) is 2.43. The van der Waals surface area contributed by atoms with Gasteiger partial charge in [-0.05, 0) is 54.6 Å². The summed E-state index contributed by atoms with van der Waals surface area (Å²) in [6.45, 7) is 0. The van der Waals surface area contributed by atoms with Gasteiger partial charge in [-0.3, -0.25) is 19.1 Å². The number of imidazole rings is 1. The Hall–Kier alpha value is -4.79. The fourth-order valence-electron chi connectivity index (χ4n) is 3.42. The summed E-state index contributed by atoms with van der Waals surface area (Å²) in [5.41, 5.74) is 1.02. The van der Waals surface area contributed by atoms with Crippen LogP contribution in [-0.2, 0) is 0 Å². The minimum atomic E-state index is -0.874. The number of amides is 1. The minimum Gasteiger partial charge on any atom is -0.319 e. The Morgan fingerprint density at radius 1 is 0.912 bits per heavy atom. The van der Waals surface area contributed by atoms with Crippen molar-refractivity contribution in [2.75, 3.05) is 5.32 Å². The Bertz CT molecular complexity index is 1530. The van der Waals surface area contributed by atoms with Crippen molar-refractivity contribution in [2.45, 2.75) is 0 Å². The molecular formula is C25H15F2N5O2. The number of nitrogens with one attached hydrogen (secondary N) is 1. The molecular weight excluding hydrogens is 440 g/mol. The van der Waals surface area contributed by atoms with Crippen LogP contribution in [0.15, 0.2) is 85.6 Å². The second kappa shape index (κ2) is 8.62. The molecule has 2 aromatic heterocycles. The molecule has 0 unspecified atom stereocenters. The van der Waals surface area contributed by atoms with E-state index >= 15 is 4.39 Å². The summed E-state index contributed by atoms with van der Waals surface area (Å²) in [6, 6.07) is 13.7. The fraction of sp³-hybridized carbons (Fsp3) is 0. The van der Waals surface area contributed by atoms with Gasteiger partial charge in [-0.25, -0.2) is 18.7 Å². The molecule has 0 aliphatic rings. The van der Waals surface area contributed by atoms with Crippen LogP contribution in [0.5, 0.6) is 0 Å². The largest absolute Gasteiger partial charge is 0.319 e. The van der Waals surface area contributed by atoms with Gasteiger partial charge in [0.15, 0.2) is 17.4 Å². The van der Waals surface area contributed by atoms with Crippen LogP contribution in [0.2, 0.25) is 0 Å². The van der Waals surface area contributed by atoms with Gasteiger partial charge < -0.3 is 5.32 Å². The molecule has 9 heteroatoms. The Morgan fingerprint density at radius 3 is 2.47 bits per heavy atom. The van der Waals surface area contributed by atoms with Crippen molar-refractivity contribution in [3.8, 4) is 5.82 Å². The smallest absolute Gasteiger partial charge is 0.255 e. The second-order valence-corrected chi connectivity index (χ2v) is 7.36. The van der Waals surface area contributed by atoms with E-state index in [4.69, 9.17) is 0 Å². The first-order chi connectivity index (χ1) is 16.5. The Kier molecular flexibility index (Phi) is 5.35. The minimum absolute atomic E-state index is 0.152. The molecule has 0 fully saturated rings. The summed E-state index contributed by atoms with van der Waals surface area (Å²) in [7, 11) is 0. The lowest BCUT2D eigenvalue weighted by molar-refractivity contribution is 0.101. The van der Waals surface area contributed by atoms with Gasteiger partial charge in [0, 0.05) is 23.5 Å². The van der Waals surface area contributed by atoms with Crippen LogP contribution in [0.4, 0.5) is 14.5 Å². The van der Waals surface area contributed by atoms with Crippen LogP contribution in [0.3, 0.4) is 0 Å². The normalized spacial score (nSPS) is 10.9. The molecule has 166 valence electrons. The molecule has 1 amide bonds. The van der Waals surface area contributed by atoms with E-state index in [1.807, 2.05) is 0 Å². The van der Waals surface area contributed by atoms with E-state index in [2.05, 4.69) is 20.3 Å². The predicted molar refractivity (Wildman–Crippen MR) is 121 cm³/mol. The van der Waals surface area contributed by atoms with Crippen LogP contribution in [0.1, 0.15) is 26.3 Å². The zero-order valence-corrected chi connectivity index (χ0v) is 17.4. The molecule has 2 heterocycles. The lowest BCUT2D eigenvalue weighted by Crippen LogP contribution is -2.15. The van der Waals surface area contributed by atoms with Gasteiger partial charge in [0.1, 0.15) is 12.1 Å². The molecule has 0 radical (unpaired) electrons.